The molecular formula is C20H22N2O3. The van der Waals surface area contributed by atoms with Crippen molar-refractivity contribution in [2.24, 2.45) is 0 Å². The van der Waals surface area contributed by atoms with Crippen molar-refractivity contribution in [2.45, 2.75) is 39.3 Å². The summed E-state index contributed by atoms with van der Waals surface area (Å²) in [5.74, 6) is -0.184. The zero-order chi connectivity index (χ0) is 18.2. The molecule has 2 aliphatic heterocycles. The molecule has 2 aromatic rings. The van der Waals surface area contributed by atoms with Crippen LogP contribution < -0.4 is 10.2 Å². The summed E-state index contributed by atoms with van der Waals surface area (Å²) < 4.78 is 5.21. The van der Waals surface area contributed by atoms with Crippen LogP contribution in [0.15, 0.2) is 48.5 Å². The number of anilines is 2. The number of nitrogens with zero attached hydrogens (tertiary/aromatic N) is 1. The van der Waals surface area contributed by atoms with Gasteiger partial charge in [0.2, 0.25) is 0 Å². The molecular weight excluding hydrogens is 316 g/mol. The highest BCUT2D eigenvalue weighted by atomic mass is 16.6. The van der Waals surface area contributed by atoms with Gasteiger partial charge >= 0.3 is 6.09 Å². The molecule has 2 amide bonds. The van der Waals surface area contributed by atoms with E-state index in [0.29, 0.717) is 0 Å². The Morgan fingerprint density at radius 2 is 1.76 bits per heavy atom. The van der Waals surface area contributed by atoms with E-state index in [1.165, 1.54) is 0 Å². The van der Waals surface area contributed by atoms with Crippen LogP contribution in [0.3, 0.4) is 0 Å². The Bertz CT molecular complexity index is 806. The van der Waals surface area contributed by atoms with E-state index >= 15 is 0 Å². The van der Waals surface area contributed by atoms with Crippen molar-refractivity contribution in [3.05, 3.63) is 48.5 Å². The molecule has 0 spiro atoms. The van der Waals surface area contributed by atoms with Crippen LogP contribution in [0, 0.1) is 0 Å². The lowest BCUT2D eigenvalue weighted by Gasteiger charge is -2.35. The molecule has 2 bridgehead atoms. The third kappa shape index (κ3) is 3.50. The second-order valence-corrected chi connectivity index (χ2v) is 7.11. The van der Waals surface area contributed by atoms with Gasteiger partial charge in [0.25, 0.3) is 5.91 Å². The summed E-state index contributed by atoms with van der Waals surface area (Å²) in [7, 11) is 0. The van der Waals surface area contributed by atoms with E-state index in [1.54, 1.807) is 32.6 Å². The molecule has 130 valence electrons. The standard InChI is InChI=1S/C20H22N2O3/c1-13(21-19(24)25-20(2,3)4)18(23)22-15-10-11-16(17(22)12-15)14-8-6-5-7-9-14/h5-13H,1-4H3,(H,21,24). The minimum atomic E-state index is -0.683. The summed E-state index contributed by atoms with van der Waals surface area (Å²) in [6.07, 6.45) is -0.596. The summed E-state index contributed by atoms with van der Waals surface area (Å²) in [6, 6.07) is 15.1. The molecule has 25 heavy (non-hydrogen) atoms. The van der Waals surface area contributed by atoms with Crippen LogP contribution in [0.2, 0.25) is 0 Å². The van der Waals surface area contributed by atoms with Gasteiger partial charge in [0.05, 0.1) is 11.4 Å². The summed E-state index contributed by atoms with van der Waals surface area (Å²) in [5, 5.41) is 2.60. The summed E-state index contributed by atoms with van der Waals surface area (Å²) >= 11 is 0. The second-order valence-electron chi connectivity index (χ2n) is 7.11. The molecule has 2 aliphatic rings. The highest BCUT2D eigenvalue weighted by Crippen LogP contribution is 2.45. The molecule has 1 atom stereocenters. The number of fused-ring (bicyclic) bond motifs is 2. The molecule has 4 rings (SSSR count). The van der Waals surface area contributed by atoms with Gasteiger partial charge in [-0.15, -0.1) is 0 Å². The van der Waals surface area contributed by atoms with Crippen molar-refractivity contribution in [3.63, 3.8) is 0 Å². The van der Waals surface area contributed by atoms with Gasteiger partial charge in [-0.1, -0.05) is 36.4 Å². The Kier molecular flexibility index (Phi) is 4.25. The topological polar surface area (TPSA) is 58.6 Å². The molecule has 1 N–H and O–H groups in total. The molecule has 0 aliphatic carbocycles. The SMILES string of the molecule is CC(NC(=O)OC(C)(C)C)C(=O)N1c2ccc(-c3ccccc3)c1c2. The average Bonchev–Trinajstić information content (AvgIpc) is 2.53. The molecule has 0 saturated carbocycles. The molecule has 5 nitrogen and oxygen atoms in total. The predicted octanol–water partition coefficient (Wildman–Crippen LogP) is 4.24. The van der Waals surface area contributed by atoms with Crippen LogP contribution >= 0.6 is 0 Å². The molecule has 0 saturated heterocycles. The van der Waals surface area contributed by atoms with Crippen LogP contribution in [0.5, 0.6) is 0 Å². The fraction of sp³-hybridized carbons (Fsp3) is 0.300. The first-order chi connectivity index (χ1) is 11.8. The lowest BCUT2D eigenvalue weighted by molar-refractivity contribution is -0.119. The number of ether oxygens (including phenoxy) is 1. The number of carbonyl (C=O) groups is 2. The molecule has 0 radical (unpaired) electrons. The van der Waals surface area contributed by atoms with Crippen molar-refractivity contribution in [1.29, 1.82) is 0 Å². The van der Waals surface area contributed by atoms with E-state index < -0.39 is 17.7 Å². The number of rotatable bonds is 3. The quantitative estimate of drug-likeness (QED) is 0.910. The van der Waals surface area contributed by atoms with Crippen LogP contribution in [0.4, 0.5) is 16.2 Å². The first-order valence-corrected chi connectivity index (χ1v) is 8.29. The summed E-state index contributed by atoms with van der Waals surface area (Å²) in [5.41, 5.74) is 3.13. The molecule has 2 aromatic carbocycles. The van der Waals surface area contributed by atoms with Gasteiger partial charge in [-0.2, -0.15) is 0 Å². The molecule has 1 unspecified atom stereocenters. The van der Waals surface area contributed by atoms with Gasteiger partial charge in [-0.05, 0) is 45.4 Å². The zero-order valence-electron chi connectivity index (χ0n) is 14.9. The minimum absolute atomic E-state index is 0.184. The molecule has 2 heterocycles. The number of hydrogen-bond donors (Lipinski definition) is 1. The van der Waals surface area contributed by atoms with E-state index in [2.05, 4.69) is 5.32 Å². The van der Waals surface area contributed by atoms with Crippen molar-refractivity contribution in [2.75, 3.05) is 4.90 Å². The van der Waals surface area contributed by atoms with Crippen molar-refractivity contribution in [1.82, 2.24) is 5.32 Å². The normalized spacial score (nSPS) is 13.7. The Morgan fingerprint density at radius 3 is 2.36 bits per heavy atom. The fourth-order valence-corrected chi connectivity index (χ4v) is 2.76. The number of alkyl carbamates (subject to hydrolysis) is 1. The first kappa shape index (κ1) is 17.0. The number of hydrogen-bond acceptors (Lipinski definition) is 3. The maximum Gasteiger partial charge on any atom is 0.408 e. The largest absolute Gasteiger partial charge is 0.444 e. The van der Waals surface area contributed by atoms with Gasteiger partial charge in [0.1, 0.15) is 11.6 Å². The third-order valence-electron chi connectivity index (χ3n) is 3.89. The van der Waals surface area contributed by atoms with Crippen molar-refractivity contribution in [3.8, 4) is 11.1 Å². The zero-order valence-corrected chi connectivity index (χ0v) is 14.9. The second kappa shape index (κ2) is 6.24. The summed E-state index contributed by atoms with van der Waals surface area (Å²) in [4.78, 5) is 26.3. The van der Waals surface area contributed by atoms with Gasteiger partial charge in [0.15, 0.2) is 0 Å². The maximum absolute atomic E-state index is 12.8. The lowest BCUT2D eigenvalue weighted by atomic mass is 9.96. The van der Waals surface area contributed by atoms with Gasteiger partial charge < -0.3 is 10.1 Å². The Hall–Kier alpha value is -2.82. The average molecular weight is 338 g/mol. The van der Waals surface area contributed by atoms with E-state index in [4.69, 9.17) is 4.74 Å². The minimum Gasteiger partial charge on any atom is -0.444 e. The lowest BCUT2D eigenvalue weighted by Crippen LogP contribution is -2.48. The Labute approximate surface area is 147 Å². The number of nitrogens with one attached hydrogen (secondary N) is 1. The monoisotopic (exact) mass is 338 g/mol. The van der Waals surface area contributed by atoms with Gasteiger partial charge in [0, 0.05) is 5.56 Å². The van der Waals surface area contributed by atoms with E-state index in [9.17, 15) is 9.59 Å². The Balaban J connectivity index is 1.73. The maximum atomic E-state index is 12.8. The van der Waals surface area contributed by atoms with Crippen LogP contribution in [0.25, 0.3) is 11.1 Å². The van der Waals surface area contributed by atoms with E-state index in [-0.39, 0.29) is 5.91 Å². The van der Waals surface area contributed by atoms with Gasteiger partial charge in [-0.3, -0.25) is 9.69 Å². The predicted molar refractivity (Wildman–Crippen MR) is 97.9 cm³/mol. The van der Waals surface area contributed by atoms with Crippen molar-refractivity contribution >= 4 is 23.4 Å². The Morgan fingerprint density at radius 1 is 1.08 bits per heavy atom. The van der Waals surface area contributed by atoms with Crippen LogP contribution in [-0.2, 0) is 9.53 Å². The number of amides is 2. The fourth-order valence-electron chi connectivity index (χ4n) is 2.76. The molecule has 0 fully saturated rings. The highest BCUT2D eigenvalue weighted by molar-refractivity contribution is 6.12. The smallest absolute Gasteiger partial charge is 0.408 e. The van der Waals surface area contributed by atoms with E-state index in [0.717, 1.165) is 22.5 Å². The van der Waals surface area contributed by atoms with E-state index in [1.807, 2.05) is 48.5 Å². The number of benzene rings is 2. The van der Waals surface area contributed by atoms with Crippen LogP contribution in [-0.4, -0.2) is 23.6 Å². The van der Waals surface area contributed by atoms with Crippen molar-refractivity contribution < 1.29 is 14.3 Å². The first-order valence-electron chi connectivity index (χ1n) is 8.29. The molecule has 0 aromatic heterocycles. The summed E-state index contributed by atoms with van der Waals surface area (Å²) in [6.45, 7) is 7.01. The third-order valence-corrected chi connectivity index (χ3v) is 3.89. The highest BCUT2D eigenvalue weighted by Gasteiger charge is 2.33. The van der Waals surface area contributed by atoms with Crippen LogP contribution in [0.1, 0.15) is 27.7 Å². The molecule has 5 heteroatoms. The van der Waals surface area contributed by atoms with Gasteiger partial charge in [-0.25, -0.2) is 4.79 Å². The number of carbonyl (C=O) groups excluding carboxylic acids is 2.